The summed E-state index contributed by atoms with van der Waals surface area (Å²) in [5.74, 6) is 2.06. The zero-order valence-electron chi connectivity index (χ0n) is 10.7. The molecule has 2 rings (SSSR count). The molecule has 1 saturated carbocycles. The number of nitrogens with zero attached hydrogens (tertiary/aromatic N) is 1. The van der Waals surface area contributed by atoms with E-state index in [1.54, 1.807) is 0 Å². The van der Waals surface area contributed by atoms with Crippen LogP contribution >= 0.6 is 0 Å². The number of hydrogen-bond donors (Lipinski definition) is 0. The van der Waals surface area contributed by atoms with Gasteiger partial charge in [-0.15, -0.1) is 0 Å². The summed E-state index contributed by atoms with van der Waals surface area (Å²) in [6.07, 6.45) is 8.80. The molecule has 0 aromatic rings. The Kier molecular flexibility index (Phi) is 3.71. The van der Waals surface area contributed by atoms with Crippen LogP contribution in [0.15, 0.2) is 0 Å². The van der Waals surface area contributed by atoms with E-state index >= 15 is 0 Å². The summed E-state index contributed by atoms with van der Waals surface area (Å²) in [5, 5.41) is 0. The van der Waals surface area contributed by atoms with Crippen molar-refractivity contribution in [1.29, 1.82) is 0 Å². The van der Waals surface area contributed by atoms with Gasteiger partial charge in [-0.2, -0.15) is 0 Å². The Morgan fingerprint density at radius 3 is 2.53 bits per heavy atom. The first-order valence-electron chi connectivity index (χ1n) is 6.99. The molecule has 1 aliphatic carbocycles. The van der Waals surface area contributed by atoms with E-state index in [4.69, 9.17) is 0 Å². The molecule has 1 aliphatic heterocycles. The SMILES string of the molecule is CCC1CCN(C(C)C)C2CCCCC12. The Bertz CT molecular complexity index is 200. The van der Waals surface area contributed by atoms with Crippen LogP contribution in [0.3, 0.4) is 0 Å². The minimum atomic E-state index is 0.758. The van der Waals surface area contributed by atoms with Crippen molar-refractivity contribution >= 4 is 0 Å². The lowest BCUT2D eigenvalue weighted by Gasteiger charge is -2.49. The highest BCUT2D eigenvalue weighted by Crippen LogP contribution is 2.40. The van der Waals surface area contributed by atoms with Crippen LogP contribution < -0.4 is 0 Å². The van der Waals surface area contributed by atoms with Crippen LogP contribution in [0.25, 0.3) is 0 Å². The van der Waals surface area contributed by atoms with Crippen molar-refractivity contribution in [2.75, 3.05) is 6.54 Å². The van der Waals surface area contributed by atoms with E-state index in [1.807, 2.05) is 0 Å². The first-order chi connectivity index (χ1) is 7.24. The second kappa shape index (κ2) is 4.86. The summed E-state index contributed by atoms with van der Waals surface area (Å²) in [7, 11) is 0. The van der Waals surface area contributed by atoms with Crippen LogP contribution in [0.4, 0.5) is 0 Å². The van der Waals surface area contributed by atoms with Gasteiger partial charge >= 0.3 is 0 Å². The van der Waals surface area contributed by atoms with Gasteiger partial charge in [0.25, 0.3) is 0 Å². The molecule has 1 heterocycles. The molecule has 0 radical (unpaired) electrons. The largest absolute Gasteiger partial charge is 0.298 e. The third-order valence-corrected chi connectivity index (χ3v) is 4.76. The van der Waals surface area contributed by atoms with Crippen molar-refractivity contribution in [1.82, 2.24) is 4.90 Å². The van der Waals surface area contributed by atoms with Gasteiger partial charge in [0.15, 0.2) is 0 Å². The molecule has 0 N–H and O–H groups in total. The number of piperidine rings is 1. The average Bonchev–Trinajstić information content (AvgIpc) is 2.27. The molecule has 1 saturated heterocycles. The Labute approximate surface area is 95.2 Å². The summed E-state index contributed by atoms with van der Waals surface area (Å²) in [4.78, 5) is 2.79. The quantitative estimate of drug-likeness (QED) is 0.670. The lowest BCUT2D eigenvalue weighted by molar-refractivity contribution is -0.000816. The molecule has 1 heteroatoms. The zero-order chi connectivity index (χ0) is 10.8. The first kappa shape index (κ1) is 11.4. The summed E-state index contributed by atoms with van der Waals surface area (Å²) in [6, 6.07) is 1.69. The van der Waals surface area contributed by atoms with Crippen LogP contribution in [-0.4, -0.2) is 23.5 Å². The van der Waals surface area contributed by atoms with E-state index < -0.39 is 0 Å². The van der Waals surface area contributed by atoms with Gasteiger partial charge in [0.05, 0.1) is 0 Å². The van der Waals surface area contributed by atoms with E-state index in [1.165, 1.54) is 45.1 Å². The van der Waals surface area contributed by atoms with E-state index in [9.17, 15) is 0 Å². The van der Waals surface area contributed by atoms with E-state index in [2.05, 4.69) is 25.7 Å². The van der Waals surface area contributed by atoms with Gasteiger partial charge in [-0.25, -0.2) is 0 Å². The maximum atomic E-state index is 2.79. The third kappa shape index (κ3) is 2.22. The van der Waals surface area contributed by atoms with Crippen molar-refractivity contribution < 1.29 is 0 Å². The maximum Gasteiger partial charge on any atom is 0.0129 e. The van der Waals surface area contributed by atoms with Crippen LogP contribution in [-0.2, 0) is 0 Å². The molecule has 0 aromatic carbocycles. The van der Waals surface area contributed by atoms with Crippen molar-refractivity contribution in [3.05, 3.63) is 0 Å². The summed E-state index contributed by atoms with van der Waals surface area (Å²) < 4.78 is 0. The van der Waals surface area contributed by atoms with Gasteiger partial charge in [0, 0.05) is 12.1 Å². The van der Waals surface area contributed by atoms with Gasteiger partial charge in [-0.3, -0.25) is 4.90 Å². The van der Waals surface area contributed by atoms with Gasteiger partial charge in [-0.1, -0.05) is 26.2 Å². The maximum absolute atomic E-state index is 2.79. The molecule has 3 unspecified atom stereocenters. The fraction of sp³-hybridized carbons (Fsp3) is 1.00. The monoisotopic (exact) mass is 209 g/mol. The molecular formula is C14H27N. The molecular weight excluding hydrogens is 182 g/mol. The molecule has 0 spiro atoms. The van der Waals surface area contributed by atoms with Crippen LogP contribution in [0.5, 0.6) is 0 Å². The minimum absolute atomic E-state index is 0.758. The first-order valence-corrected chi connectivity index (χ1v) is 6.99. The molecule has 0 amide bonds. The van der Waals surface area contributed by atoms with Gasteiger partial charge in [0.2, 0.25) is 0 Å². The Morgan fingerprint density at radius 1 is 1.13 bits per heavy atom. The molecule has 3 atom stereocenters. The highest BCUT2D eigenvalue weighted by Gasteiger charge is 2.38. The topological polar surface area (TPSA) is 3.24 Å². The lowest BCUT2D eigenvalue weighted by Crippen LogP contribution is -2.52. The van der Waals surface area contributed by atoms with Crippen LogP contribution in [0.2, 0.25) is 0 Å². The van der Waals surface area contributed by atoms with Crippen molar-refractivity contribution in [3.8, 4) is 0 Å². The van der Waals surface area contributed by atoms with Crippen LogP contribution in [0, 0.1) is 11.8 Å². The third-order valence-electron chi connectivity index (χ3n) is 4.76. The Morgan fingerprint density at radius 2 is 1.87 bits per heavy atom. The number of hydrogen-bond acceptors (Lipinski definition) is 1. The summed E-state index contributed by atoms with van der Waals surface area (Å²) >= 11 is 0. The normalized spacial score (nSPS) is 38.0. The minimum Gasteiger partial charge on any atom is -0.298 e. The zero-order valence-corrected chi connectivity index (χ0v) is 10.7. The Hall–Kier alpha value is -0.0400. The second-order valence-electron chi connectivity index (χ2n) is 5.80. The van der Waals surface area contributed by atoms with Crippen molar-refractivity contribution in [2.45, 2.75) is 71.4 Å². The van der Waals surface area contributed by atoms with Crippen molar-refractivity contribution in [3.63, 3.8) is 0 Å². The standard InChI is InChI=1S/C14H27N/c1-4-12-9-10-15(11(2)3)14-8-6-5-7-13(12)14/h11-14H,4-10H2,1-3H3. The van der Waals surface area contributed by atoms with E-state index in [0.29, 0.717) is 0 Å². The predicted molar refractivity (Wildman–Crippen MR) is 66.0 cm³/mol. The number of rotatable bonds is 2. The summed E-state index contributed by atoms with van der Waals surface area (Å²) in [6.45, 7) is 8.49. The average molecular weight is 209 g/mol. The second-order valence-corrected chi connectivity index (χ2v) is 5.80. The van der Waals surface area contributed by atoms with Gasteiger partial charge in [-0.05, 0) is 51.5 Å². The summed E-state index contributed by atoms with van der Waals surface area (Å²) in [5.41, 5.74) is 0. The number of fused-ring (bicyclic) bond motifs is 1. The Balaban J connectivity index is 2.08. The smallest absolute Gasteiger partial charge is 0.0129 e. The van der Waals surface area contributed by atoms with Crippen molar-refractivity contribution in [2.24, 2.45) is 11.8 Å². The molecule has 2 aliphatic rings. The molecule has 0 bridgehead atoms. The molecule has 2 fully saturated rings. The van der Waals surface area contributed by atoms with Gasteiger partial charge < -0.3 is 0 Å². The fourth-order valence-electron chi connectivity index (χ4n) is 3.94. The predicted octanol–water partition coefficient (Wildman–Crippen LogP) is 3.69. The molecule has 15 heavy (non-hydrogen) atoms. The molecule has 88 valence electrons. The van der Waals surface area contributed by atoms with E-state index in [-0.39, 0.29) is 0 Å². The lowest BCUT2D eigenvalue weighted by atomic mass is 9.70. The number of likely N-dealkylation sites (tertiary alicyclic amines) is 1. The highest BCUT2D eigenvalue weighted by atomic mass is 15.2. The van der Waals surface area contributed by atoms with Crippen LogP contribution in [0.1, 0.15) is 59.3 Å². The van der Waals surface area contributed by atoms with Gasteiger partial charge in [0.1, 0.15) is 0 Å². The molecule has 1 nitrogen and oxygen atoms in total. The highest BCUT2D eigenvalue weighted by molar-refractivity contribution is 4.92. The molecule has 0 aromatic heterocycles. The van der Waals surface area contributed by atoms with E-state index in [0.717, 1.165) is 23.9 Å². The fourth-order valence-corrected chi connectivity index (χ4v) is 3.94.